The molecule has 0 aliphatic rings. The van der Waals surface area contributed by atoms with Crippen LogP contribution < -0.4 is 11.1 Å². The predicted molar refractivity (Wildman–Crippen MR) is 92.6 cm³/mol. The molecule has 0 spiro atoms. The molecule has 1 atom stereocenters. The Labute approximate surface area is 139 Å². The Morgan fingerprint density at radius 2 is 1.95 bits per heavy atom. The minimum absolute atomic E-state index is 0. The van der Waals surface area contributed by atoms with E-state index in [0.29, 0.717) is 10.9 Å². The molecule has 1 amide bonds. The molecular weight excluding hydrogens is 327 g/mol. The fourth-order valence-corrected chi connectivity index (χ4v) is 2.97. The van der Waals surface area contributed by atoms with Crippen LogP contribution in [0.3, 0.4) is 0 Å². The average Bonchev–Trinajstić information content (AvgIpc) is 2.86. The molecule has 0 aliphatic carbocycles. The highest BCUT2D eigenvalue weighted by Gasteiger charge is 2.16. The van der Waals surface area contributed by atoms with Gasteiger partial charge in [-0.2, -0.15) is 0 Å². The third kappa shape index (κ3) is 5.23. The molecule has 1 aromatic carbocycles. The summed E-state index contributed by atoms with van der Waals surface area (Å²) in [5, 5.41) is 2.95. The Bertz CT molecular complexity index is 584. The van der Waals surface area contributed by atoms with Crippen molar-refractivity contribution in [2.45, 2.75) is 19.3 Å². The molecule has 6 heteroatoms. The van der Waals surface area contributed by atoms with Crippen LogP contribution in [-0.2, 0) is 11.2 Å². The zero-order valence-corrected chi connectivity index (χ0v) is 14.0. The number of thiophene rings is 1. The summed E-state index contributed by atoms with van der Waals surface area (Å²) in [5.41, 5.74) is 7.54. The molecule has 114 valence electrons. The van der Waals surface area contributed by atoms with Crippen LogP contribution in [0.1, 0.15) is 23.3 Å². The van der Waals surface area contributed by atoms with Gasteiger partial charge in [-0.05, 0) is 43.2 Å². The van der Waals surface area contributed by atoms with E-state index >= 15 is 0 Å². The lowest BCUT2D eigenvalue weighted by Gasteiger charge is -2.10. The summed E-state index contributed by atoms with van der Waals surface area (Å²) in [6.45, 7) is 2.51. The summed E-state index contributed by atoms with van der Waals surface area (Å²) in [4.78, 5) is 13.0. The molecule has 0 bridgehead atoms. The number of anilines is 1. The highest BCUT2D eigenvalue weighted by atomic mass is 35.5. The van der Waals surface area contributed by atoms with Crippen molar-refractivity contribution in [2.24, 2.45) is 0 Å². The van der Waals surface area contributed by atoms with E-state index in [4.69, 9.17) is 17.3 Å². The van der Waals surface area contributed by atoms with E-state index in [1.165, 1.54) is 11.3 Å². The monoisotopic (exact) mass is 344 g/mol. The lowest BCUT2D eigenvalue weighted by atomic mass is 10.1. The first-order valence-electron chi connectivity index (χ1n) is 6.43. The minimum Gasteiger partial charge on any atom is -0.399 e. The maximum absolute atomic E-state index is 12.0. The van der Waals surface area contributed by atoms with Gasteiger partial charge in [-0.1, -0.05) is 23.7 Å². The summed E-state index contributed by atoms with van der Waals surface area (Å²) in [5.74, 6) is -0.141. The van der Waals surface area contributed by atoms with E-state index in [0.717, 1.165) is 22.5 Å². The summed E-state index contributed by atoms with van der Waals surface area (Å²) >= 11 is 7.33. The van der Waals surface area contributed by atoms with Crippen molar-refractivity contribution in [3.63, 3.8) is 0 Å². The number of rotatable bonds is 5. The van der Waals surface area contributed by atoms with Gasteiger partial charge in [0.05, 0.1) is 10.3 Å². The largest absolute Gasteiger partial charge is 0.399 e. The van der Waals surface area contributed by atoms with Crippen molar-refractivity contribution < 1.29 is 4.79 Å². The molecule has 0 fully saturated rings. The van der Waals surface area contributed by atoms with Crippen LogP contribution >= 0.6 is 35.3 Å². The Kier molecular flexibility index (Phi) is 7.02. The van der Waals surface area contributed by atoms with Gasteiger partial charge in [-0.25, -0.2) is 0 Å². The fourth-order valence-electron chi connectivity index (χ4n) is 1.86. The molecule has 2 aromatic rings. The van der Waals surface area contributed by atoms with E-state index in [1.54, 1.807) is 0 Å². The highest BCUT2D eigenvalue weighted by molar-refractivity contribution is 7.16. The van der Waals surface area contributed by atoms with Crippen molar-refractivity contribution in [3.05, 3.63) is 51.2 Å². The second-order valence-corrected chi connectivity index (χ2v) is 6.39. The third-order valence-electron chi connectivity index (χ3n) is 3.11. The topological polar surface area (TPSA) is 55.1 Å². The number of carbonyl (C=O) groups is 1. The van der Waals surface area contributed by atoms with Crippen LogP contribution in [0.25, 0.3) is 0 Å². The van der Waals surface area contributed by atoms with Crippen molar-refractivity contribution in [1.82, 2.24) is 5.32 Å². The second-order valence-electron chi connectivity index (χ2n) is 4.65. The molecule has 0 saturated carbocycles. The maximum Gasteiger partial charge on any atom is 0.228 e. The van der Waals surface area contributed by atoms with Gasteiger partial charge in [0.15, 0.2) is 0 Å². The van der Waals surface area contributed by atoms with Gasteiger partial charge in [-0.15, -0.1) is 23.7 Å². The SMILES string of the molecule is CC(C(=O)NCCc1ccc(N)cc1)c1ccc(Cl)s1.Cl. The van der Waals surface area contributed by atoms with Crippen molar-refractivity contribution in [2.75, 3.05) is 12.3 Å². The molecular formula is C15H18Cl2N2OS. The van der Waals surface area contributed by atoms with Crippen molar-refractivity contribution >= 4 is 46.9 Å². The maximum atomic E-state index is 12.0. The first-order chi connectivity index (χ1) is 9.56. The van der Waals surface area contributed by atoms with E-state index in [-0.39, 0.29) is 24.2 Å². The molecule has 1 heterocycles. The number of nitrogen functional groups attached to an aromatic ring is 1. The van der Waals surface area contributed by atoms with Crippen LogP contribution in [0, 0.1) is 0 Å². The smallest absolute Gasteiger partial charge is 0.228 e. The summed E-state index contributed by atoms with van der Waals surface area (Å²) in [6.07, 6.45) is 0.796. The Balaban J connectivity index is 0.00000220. The van der Waals surface area contributed by atoms with Crippen LogP contribution in [0.5, 0.6) is 0 Å². The predicted octanol–water partition coefficient (Wildman–Crippen LogP) is 3.87. The van der Waals surface area contributed by atoms with Crippen LogP contribution in [0.4, 0.5) is 5.69 Å². The molecule has 3 nitrogen and oxygen atoms in total. The quantitative estimate of drug-likeness (QED) is 0.809. The number of nitrogens with one attached hydrogen (secondary N) is 1. The first-order valence-corrected chi connectivity index (χ1v) is 7.63. The van der Waals surface area contributed by atoms with E-state index in [2.05, 4.69) is 5.32 Å². The van der Waals surface area contributed by atoms with Gasteiger partial charge >= 0.3 is 0 Å². The summed E-state index contributed by atoms with van der Waals surface area (Å²) in [6, 6.07) is 11.4. The number of halogens is 2. The minimum atomic E-state index is -0.168. The average molecular weight is 345 g/mol. The summed E-state index contributed by atoms with van der Waals surface area (Å²) < 4.78 is 0.710. The van der Waals surface area contributed by atoms with Gasteiger partial charge in [0.1, 0.15) is 0 Å². The van der Waals surface area contributed by atoms with Crippen LogP contribution in [0.2, 0.25) is 4.34 Å². The first kappa shape index (κ1) is 17.8. The molecule has 0 aliphatic heterocycles. The number of amides is 1. The zero-order chi connectivity index (χ0) is 14.5. The van der Waals surface area contributed by atoms with Gasteiger partial charge < -0.3 is 11.1 Å². The Hall–Kier alpha value is -1.23. The van der Waals surface area contributed by atoms with Crippen molar-refractivity contribution in [3.8, 4) is 0 Å². The number of hydrogen-bond donors (Lipinski definition) is 2. The second kappa shape index (κ2) is 8.27. The molecule has 21 heavy (non-hydrogen) atoms. The van der Waals surface area contributed by atoms with E-state index in [1.807, 2.05) is 43.3 Å². The molecule has 0 saturated heterocycles. The van der Waals surface area contributed by atoms with Gasteiger partial charge in [-0.3, -0.25) is 4.79 Å². The standard InChI is InChI=1S/C15H17ClN2OS.ClH/c1-10(13-6-7-14(16)20-13)15(19)18-9-8-11-2-4-12(17)5-3-11;/h2-7,10H,8-9,17H2,1H3,(H,18,19);1H. The lowest BCUT2D eigenvalue weighted by molar-refractivity contribution is -0.122. The Morgan fingerprint density at radius 3 is 2.52 bits per heavy atom. The fraction of sp³-hybridized carbons (Fsp3) is 0.267. The highest BCUT2D eigenvalue weighted by Crippen LogP contribution is 2.28. The number of hydrogen-bond acceptors (Lipinski definition) is 3. The zero-order valence-electron chi connectivity index (χ0n) is 11.6. The number of benzene rings is 1. The molecule has 3 N–H and O–H groups in total. The van der Waals surface area contributed by atoms with Gasteiger partial charge in [0, 0.05) is 17.1 Å². The number of carbonyl (C=O) groups excluding carboxylic acids is 1. The van der Waals surface area contributed by atoms with Crippen molar-refractivity contribution in [1.29, 1.82) is 0 Å². The van der Waals surface area contributed by atoms with Gasteiger partial charge in [0.25, 0.3) is 0 Å². The number of nitrogens with two attached hydrogens (primary N) is 1. The van der Waals surface area contributed by atoms with E-state index < -0.39 is 0 Å². The van der Waals surface area contributed by atoms with Crippen LogP contribution in [0.15, 0.2) is 36.4 Å². The molecule has 2 rings (SSSR count). The molecule has 0 radical (unpaired) electrons. The van der Waals surface area contributed by atoms with Gasteiger partial charge in [0.2, 0.25) is 5.91 Å². The van der Waals surface area contributed by atoms with Crippen LogP contribution in [-0.4, -0.2) is 12.5 Å². The normalized spacial score (nSPS) is 11.5. The molecule has 1 unspecified atom stereocenters. The molecule has 1 aromatic heterocycles. The summed E-state index contributed by atoms with van der Waals surface area (Å²) in [7, 11) is 0. The van der Waals surface area contributed by atoms with E-state index in [9.17, 15) is 4.79 Å². The Morgan fingerprint density at radius 1 is 1.29 bits per heavy atom. The third-order valence-corrected chi connectivity index (χ3v) is 4.52. The lowest BCUT2D eigenvalue weighted by Crippen LogP contribution is -2.29.